The number of hydrogen-bond acceptors (Lipinski definition) is 1. The monoisotopic (exact) mass is 222 g/mol. The van der Waals surface area contributed by atoms with Crippen molar-refractivity contribution in [3.63, 3.8) is 0 Å². The van der Waals surface area contributed by atoms with Crippen LogP contribution in [-0.2, 0) is 0 Å². The summed E-state index contributed by atoms with van der Waals surface area (Å²) >= 11 is 5.66. The lowest BCUT2D eigenvalue weighted by Crippen LogP contribution is -1.75. The second kappa shape index (κ2) is 4.28. The van der Waals surface area contributed by atoms with E-state index in [1.807, 2.05) is 6.08 Å². The van der Waals surface area contributed by atoms with Gasteiger partial charge < -0.3 is 0 Å². The highest BCUT2D eigenvalue weighted by Crippen LogP contribution is 2.10. The number of aromatic amines is 1. The molecule has 76 valence electrons. The topological polar surface area (TPSA) is 28.7 Å². The molecule has 0 saturated carbocycles. The summed E-state index contributed by atoms with van der Waals surface area (Å²) in [5, 5.41) is 7.04. The Hall–Kier alpha value is -1.61. The van der Waals surface area contributed by atoms with Gasteiger partial charge in [-0.3, -0.25) is 5.10 Å². The first-order valence-corrected chi connectivity index (χ1v) is 4.76. The van der Waals surface area contributed by atoms with E-state index < -0.39 is 0 Å². The lowest BCUT2D eigenvalue weighted by atomic mass is 10.2. The number of nitrogens with zero attached hydrogens (tertiary/aromatic N) is 1. The fourth-order valence-corrected chi connectivity index (χ4v) is 1.31. The van der Waals surface area contributed by atoms with Gasteiger partial charge in [-0.2, -0.15) is 5.10 Å². The Morgan fingerprint density at radius 3 is 2.53 bits per heavy atom. The van der Waals surface area contributed by atoms with Gasteiger partial charge in [-0.05, 0) is 23.8 Å². The predicted molar refractivity (Wildman–Crippen MR) is 58.9 cm³/mol. The highest BCUT2D eigenvalue weighted by molar-refractivity contribution is 6.29. The van der Waals surface area contributed by atoms with Crippen molar-refractivity contribution in [2.45, 2.75) is 0 Å². The second-order valence-electron chi connectivity index (χ2n) is 3.03. The van der Waals surface area contributed by atoms with Gasteiger partial charge in [0.2, 0.25) is 0 Å². The molecule has 0 aliphatic carbocycles. The van der Waals surface area contributed by atoms with E-state index in [4.69, 9.17) is 11.6 Å². The molecule has 1 aromatic heterocycles. The number of aromatic nitrogens is 2. The third-order valence-corrected chi connectivity index (χ3v) is 2.08. The minimum Gasteiger partial charge on any atom is -0.267 e. The number of benzene rings is 1. The van der Waals surface area contributed by atoms with Crippen molar-refractivity contribution in [2.24, 2.45) is 0 Å². The molecule has 0 aliphatic rings. The molecule has 0 aliphatic heterocycles. The average molecular weight is 223 g/mol. The van der Waals surface area contributed by atoms with Gasteiger partial charge in [-0.15, -0.1) is 0 Å². The van der Waals surface area contributed by atoms with Gasteiger partial charge in [0.25, 0.3) is 0 Å². The van der Waals surface area contributed by atoms with Gasteiger partial charge in [0.1, 0.15) is 11.0 Å². The molecular weight excluding hydrogens is 215 g/mol. The van der Waals surface area contributed by atoms with Gasteiger partial charge in [0, 0.05) is 6.07 Å². The van der Waals surface area contributed by atoms with E-state index in [0.717, 1.165) is 11.3 Å². The molecule has 2 aromatic rings. The Morgan fingerprint density at radius 2 is 1.93 bits per heavy atom. The molecule has 0 atom stereocenters. The lowest BCUT2D eigenvalue weighted by Gasteiger charge is -1.91. The van der Waals surface area contributed by atoms with Crippen LogP contribution < -0.4 is 0 Å². The largest absolute Gasteiger partial charge is 0.267 e. The van der Waals surface area contributed by atoms with Crippen LogP contribution in [-0.4, -0.2) is 10.2 Å². The van der Waals surface area contributed by atoms with Crippen molar-refractivity contribution in [3.8, 4) is 0 Å². The van der Waals surface area contributed by atoms with E-state index in [1.54, 1.807) is 24.3 Å². The molecule has 0 radical (unpaired) electrons. The molecule has 0 spiro atoms. The van der Waals surface area contributed by atoms with E-state index >= 15 is 0 Å². The van der Waals surface area contributed by atoms with Crippen LogP contribution in [0.2, 0.25) is 5.15 Å². The van der Waals surface area contributed by atoms with E-state index in [9.17, 15) is 4.39 Å². The van der Waals surface area contributed by atoms with Crippen molar-refractivity contribution in [2.75, 3.05) is 0 Å². The summed E-state index contributed by atoms with van der Waals surface area (Å²) in [5.41, 5.74) is 1.65. The van der Waals surface area contributed by atoms with Gasteiger partial charge in [-0.1, -0.05) is 29.8 Å². The summed E-state index contributed by atoms with van der Waals surface area (Å²) in [6.45, 7) is 0. The van der Waals surface area contributed by atoms with Crippen molar-refractivity contribution in [3.05, 3.63) is 52.6 Å². The first kappa shape index (κ1) is 9.93. The Morgan fingerprint density at radius 1 is 1.20 bits per heavy atom. The normalized spacial score (nSPS) is 11.1. The zero-order valence-corrected chi connectivity index (χ0v) is 8.50. The van der Waals surface area contributed by atoms with Crippen LogP contribution >= 0.6 is 11.6 Å². The maximum atomic E-state index is 12.6. The van der Waals surface area contributed by atoms with E-state index in [0.29, 0.717) is 5.15 Å². The van der Waals surface area contributed by atoms with Crippen molar-refractivity contribution < 1.29 is 4.39 Å². The fourth-order valence-electron chi connectivity index (χ4n) is 1.15. The number of hydrogen-bond donors (Lipinski definition) is 1. The van der Waals surface area contributed by atoms with Crippen LogP contribution in [0.25, 0.3) is 12.2 Å². The summed E-state index contributed by atoms with van der Waals surface area (Å²) in [6.07, 6.45) is 3.64. The first-order valence-electron chi connectivity index (χ1n) is 4.38. The van der Waals surface area contributed by atoms with Gasteiger partial charge >= 0.3 is 0 Å². The van der Waals surface area contributed by atoms with Crippen LogP contribution in [0.1, 0.15) is 11.3 Å². The van der Waals surface area contributed by atoms with E-state index in [2.05, 4.69) is 10.2 Å². The number of nitrogens with one attached hydrogen (secondary N) is 1. The standard InChI is InChI=1S/C11H8ClFN2/c12-11-7-10(14-15-11)6-3-8-1-4-9(13)5-2-8/h1-7H,(H,14,15)/b6-3+. The maximum absolute atomic E-state index is 12.6. The predicted octanol–water partition coefficient (Wildman–Crippen LogP) is 3.37. The highest BCUT2D eigenvalue weighted by atomic mass is 35.5. The molecule has 0 bridgehead atoms. The summed E-state index contributed by atoms with van der Waals surface area (Å²) in [6, 6.07) is 7.93. The quantitative estimate of drug-likeness (QED) is 0.829. The molecule has 1 heterocycles. The molecule has 4 heteroatoms. The van der Waals surface area contributed by atoms with Gasteiger partial charge in [-0.25, -0.2) is 4.39 Å². The molecule has 2 nitrogen and oxygen atoms in total. The molecule has 0 amide bonds. The molecule has 1 aromatic carbocycles. The van der Waals surface area contributed by atoms with Crippen LogP contribution in [0.15, 0.2) is 30.3 Å². The minimum absolute atomic E-state index is 0.241. The molecule has 0 unspecified atom stereocenters. The van der Waals surface area contributed by atoms with Crippen LogP contribution in [0, 0.1) is 5.82 Å². The number of H-pyrrole nitrogens is 1. The molecule has 0 fully saturated rings. The van der Waals surface area contributed by atoms with Gasteiger partial charge in [0.05, 0.1) is 5.69 Å². The zero-order chi connectivity index (χ0) is 10.7. The zero-order valence-electron chi connectivity index (χ0n) is 7.74. The number of halogens is 2. The minimum atomic E-state index is -0.241. The number of rotatable bonds is 2. The fraction of sp³-hybridized carbons (Fsp3) is 0. The molecule has 0 saturated heterocycles. The summed E-state index contributed by atoms with van der Waals surface area (Å²) in [4.78, 5) is 0. The van der Waals surface area contributed by atoms with Crippen LogP contribution in [0.4, 0.5) is 4.39 Å². The third kappa shape index (κ3) is 2.67. The van der Waals surface area contributed by atoms with Crippen LogP contribution in [0.5, 0.6) is 0 Å². The van der Waals surface area contributed by atoms with E-state index in [-0.39, 0.29) is 5.82 Å². The molecule has 1 N–H and O–H groups in total. The summed E-state index contributed by atoms with van der Waals surface area (Å²) in [7, 11) is 0. The Bertz CT molecular complexity index is 474. The SMILES string of the molecule is Fc1ccc(/C=C/c2cc(Cl)[nH]n2)cc1. The van der Waals surface area contributed by atoms with Crippen LogP contribution in [0.3, 0.4) is 0 Å². The highest BCUT2D eigenvalue weighted by Gasteiger charge is 1.93. The summed E-state index contributed by atoms with van der Waals surface area (Å²) in [5.74, 6) is -0.241. The lowest BCUT2D eigenvalue weighted by molar-refractivity contribution is 0.628. The van der Waals surface area contributed by atoms with Crippen molar-refractivity contribution >= 4 is 23.8 Å². The van der Waals surface area contributed by atoms with Gasteiger partial charge in [0.15, 0.2) is 0 Å². The first-order chi connectivity index (χ1) is 7.24. The Balaban J connectivity index is 2.14. The maximum Gasteiger partial charge on any atom is 0.124 e. The smallest absolute Gasteiger partial charge is 0.124 e. The summed E-state index contributed by atoms with van der Waals surface area (Å²) < 4.78 is 12.6. The molecule has 2 rings (SSSR count). The second-order valence-corrected chi connectivity index (χ2v) is 3.43. The third-order valence-electron chi connectivity index (χ3n) is 1.88. The van der Waals surface area contributed by atoms with Crippen molar-refractivity contribution in [1.29, 1.82) is 0 Å². The molecule has 15 heavy (non-hydrogen) atoms. The van der Waals surface area contributed by atoms with Crippen molar-refractivity contribution in [1.82, 2.24) is 10.2 Å². The molecular formula is C11H8ClFN2. The Labute approximate surface area is 91.4 Å². The average Bonchev–Trinajstić information content (AvgIpc) is 2.64. The van der Waals surface area contributed by atoms with E-state index in [1.165, 1.54) is 12.1 Å². The Kier molecular flexibility index (Phi) is 2.83.